The molecule has 1 heterocycles. The van der Waals surface area contributed by atoms with Crippen LogP contribution in [0.15, 0.2) is 59.5 Å². The third-order valence-corrected chi connectivity index (χ3v) is 8.47. The third kappa shape index (κ3) is 2.31. The number of rotatable bonds is 2. The van der Waals surface area contributed by atoms with Gasteiger partial charge in [-0.25, -0.2) is 21.6 Å². The summed E-state index contributed by atoms with van der Waals surface area (Å²) in [5.41, 5.74) is -0.776. The monoisotopic (exact) mass is 432 g/mol. The van der Waals surface area contributed by atoms with Crippen LogP contribution in [-0.4, -0.2) is 23.9 Å². The Kier molecular flexibility index (Phi) is 3.80. The summed E-state index contributed by atoms with van der Waals surface area (Å²) in [4.78, 5) is 0.0196. The normalized spacial score (nSPS) is 26.0. The first kappa shape index (κ1) is 19.0. The number of phenols is 2. The van der Waals surface area contributed by atoms with Gasteiger partial charge in [-0.05, 0) is 59.4 Å². The number of fused-ring (bicyclic) bond motifs is 2. The molecule has 5 rings (SSSR count). The number of aromatic hydroxyl groups is 2. The van der Waals surface area contributed by atoms with Gasteiger partial charge in [0.25, 0.3) is 0 Å². The van der Waals surface area contributed by atoms with Gasteiger partial charge in [0, 0.05) is 0 Å². The summed E-state index contributed by atoms with van der Waals surface area (Å²) < 4.78 is 69.1. The van der Waals surface area contributed by atoms with E-state index in [0.29, 0.717) is 0 Å². The highest BCUT2D eigenvalue weighted by Crippen LogP contribution is 2.63. The van der Waals surface area contributed by atoms with Gasteiger partial charge >= 0.3 is 0 Å². The zero-order valence-corrected chi connectivity index (χ0v) is 16.1. The van der Waals surface area contributed by atoms with E-state index >= 15 is 0 Å². The molecule has 0 aromatic heterocycles. The largest absolute Gasteiger partial charge is 0.505 e. The summed E-state index contributed by atoms with van der Waals surface area (Å²) in [6.45, 7) is 0. The second-order valence-corrected chi connectivity index (χ2v) is 9.82. The maximum Gasteiger partial charge on any atom is 0.187 e. The van der Waals surface area contributed by atoms with E-state index in [9.17, 15) is 31.8 Å². The van der Waals surface area contributed by atoms with Crippen molar-refractivity contribution in [3.8, 4) is 11.5 Å². The van der Waals surface area contributed by atoms with Crippen molar-refractivity contribution in [1.82, 2.24) is 0 Å². The van der Waals surface area contributed by atoms with Crippen molar-refractivity contribution in [3.05, 3.63) is 88.7 Å². The minimum Gasteiger partial charge on any atom is -0.505 e. The Balaban J connectivity index is 1.94. The van der Waals surface area contributed by atoms with Gasteiger partial charge in [0.1, 0.15) is 0 Å². The summed E-state index contributed by atoms with van der Waals surface area (Å²) in [5.74, 6) is -5.67. The second kappa shape index (κ2) is 6.01. The predicted molar refractivity (Wildman–Crippen MR) is 101 cm³/mol. The van der Waals surface area contributed by atoms with Gasteiger partial charge in [0.2, 0.25) is 0 Å². The van der Waals surface area contributed by atoms with Crippen LogP contribution in [0.4, 0.5) is 13.2 Å². The summed E-state index contributed by atoms with van der Waals surface area (Å²) in [6, 6.07) is 11.7. The van der Waals surface area contributed by atoms with E-state index in [1.807, 2.05) is 0 Å². The topological polar surface area (TPSA) is 74.6 Å². The maximum atomic E-state index is 14.4. The lowest BCUT2D eigenvalue weighted by Crippen LogP contribution is -2.39. The highest BCUT2D eigenvalue weighted by Gasteiger charge is 2.65. The van der Waals surface area contributed by atoms with E-state index in [1.165, 1.54) is 12.1 Å². The lowest BCUT2D eigenvalue weighted by molar-refractivity contribution is 0.391. The zero-order valence-electron chi connectivity index (χ0n) is 15.3. The fraction of sp³-hybridized carbons (Fsp3) is 0.182. The van der Waals surface area contributed by atoms with Crippen LogP contribution >= 0.6 is 0 Å². The molecule has 30 heavy (non-hydrogen) atoms. The van der Waals surface area contributed by atoms with Gasteiger partial charge in [-0.2, -0.15) is 0 Å². The predicted octanol–water partition coefficient (Wildman–Crippen LogP) is 4.03. The molecular weight excluding hydrogens is 417 g/mol. The van der Waals surface area contributed by atoms with Crippen molar-refractivity contribution in [1.29, 1.82) is 0 Å². The summed E-state index contributed by atoms with van der Waals surface area (Å²) in [7, 11) is -3.66. The van der Waals surface area contributed by atoms with Crippen molar-refractivity contribution in [2.24, 2.45) is 5.92 Å². The highest BCUT2D eigenvalue weighted by molar-refractivity contribution is 7.92. The first-order valence-corrected chi connectivity index (χ1v) is 10.7. The Morgan fingerprint density at radius 2 is 1.50 bits per heavy atom. The standard InChI is InChI=1S/C22H15F3O4S/c23-15-7-11(5-6-18(15)26)22(12-8-16(24)21(27)17(25)9-12)13-3-1-2-4-19(13)30(28,29)20-10-14(20)22/h1-9,14,20,26-27H,10H2. The van der Waals surface area contributed by atoms with Crippen molar-refractivity contribution >= 4 is 9.84 Å². The van der Waals surface area contributed by atoms with Crippen LogP contribution in [0.2, 0.25) is 0 Å². The van der Waals surface area contributed by atoms with Crippen LogP contribution in [0.3, 0.4) is 0 Å². The van der Waals surface area contributed by atoms with Gasteiger partial charge in [-0.15, -0.1) is 0 Å². The van der Waals surface area contributed by atoms with Crippen molar-refractivity contribution in [2.75, 3.05) is 0 Å². The molecule has 1 fully saturated rings. The van der Waals surface area contributed by atoms with E-state index in [4.69, 9.17) is 0 Å². The molecule has 0 amide bonds. The van der Waals surface area contributed by atoms with Gasteiger partial charge < -0.3 is 10.2 Å². The average Bonchev–Trinajstić information content (AvgIpc) is 3.51. The van der Waals surface area contributed by atoms with Crippen LogP contribution in [0.25, 0.3) is 0 Å². The van der Waals surface area contributed by atoms with E-state index in [0.717, 1.165) is 24.3 Å². The smallest absolute Gasteiger partial charge is 0.187 e. The number of halogens is 3. The molecule has 2 N–H and O–H groups in total. The molecule has 0 spiro atoms. The first-order valence-electron chi connectivity index (χ1n) is 9.20. The minimum absolute atomic E-state index is 0.0196. The van der Waals surface area contributed by atoms with E-state index in [1.54, 1.807) is 18.2 Å². The van der Waals surface area contributed by atoms with Crippen LogP contribution in [0, 0.1) is 23.4 Å². The number of hydrogen-bond acceptors (Lipinski definition) is 4. The Morgan fingerprint density at radius 1 is 0.867 bits per heavy atom. The summed E-state index contributed by atoms with van der Waals surface area (Å²) in [6.07, 6.45) is 0.226. The van der Waals surface area contributed by atoms with Gasteiger partial charge in [0.15, 0.2) is 38.8 Å². The van der Waals surface area contributed by atoms with Gasteiger partial charge in [-0.1, -0.05) is 24.3 Å². The molecule has 3 atom stereocenters. The van der Waals surface area contributed by atoms with Crippen LogP contribution < -0.4 is 0 Å². The first-order chi connectivity index (χ1) is 14.2. The molecule has 0 saturated heterocycles. The molecule has 3 unspecified atom stereocenters. The minimum atomic E-state index is -3.66. The lowest BCUT2D eigenvalue weighted by atomic mass is 9.65. The maximum absolute atomic E-state index is 14.4. The molecule has 2 aliphatic rings. The SMILES string of the molecule is O=S1(=O)c2ccccc2C(c2ccc(O)c(F)c2)(c2cc(F)c(O)c(F)c2)C2CC21. The number of sulfone groups is 1. The van der Waals surface area contributed by atoms with Crippen molar-refractivity contribution < 1.29 is 31.8 Å². The van der Waals surface area contributed by atoms with Gasteiger partial charge in [-0.3, -0.25) is 0 Å². The lowest BCUT2D eigenvalue weighted by Gasteiger charge is -2.40. The summed E-state index contributed by atoms with van der Waals surface area (Å²) in [5, 5.41) is 18.4. The molecular formula is C22H15F3O4S. The molecule has 3 aromatic carbocycles. The van der Waals surface area contributed by atoms with E-state index in [2.05, 4.69) is 0 Å². The second-order valence-electron chi connectivity index (χ2n) is 7.68. The van der Waals surface area contributed by atoms with Crippen LogP contribution in [0.5, 0.6) is 11.5 Å². The van der Waals surface area contributed by atoms with Crippen molar-refractivity contribution in [2.45, 2.75) is 22.0 Å². The molecule has 3 aromatic rings. The average molecular weight is 432 g/mol. The van der Waals surface area contributed by atoms with E-state index in [-0.39, 0.29) is 28.0 Å². The molecule has 0 bridgehead atoms. The number of hydrogen-bond donors (Lipinski definition) is 2. The summed E-state index contributed by atoms with van der Waals surface area (Å²) >= 11 is 0. The Hall–Kier alpha value is -3.00. The number of phenolic OH excluding ortho intramolecular Hbond substituents is 2. The van der Waals surface area contributed by atoms with Crippen molar-refractivity contribution in [3.63, 3.8) is 0 Å². The molecule has 4 nitrogen and oxygen atoms in total. The quantitative estimate of drug-likeness (QED) is 0.642. The molecule has 1 aliphatic carbocycles. The highest BCUT2D eigenvalue weighted by atomic mass is 32.2. The zero-order chi connectivity index (χ0) is 21.4. The molecule has 0 radical (unpaired) electrons. The van der Waals surface area contributed by atoms with Crippen LogP contribution in [-0.2, 0) is 15.3 Å². The molecule has 154 valence electrons. The Morgan fingerprint density at radius 3 is 2.17 bits per heavy atom. The van der Waals surface area contributed by atoms with Gasteiger partial charge in [0.05, 0.1) is 15.6 Å². The third-order valence-electron chi connectivity index (χ3n) is 6.18. The number of benzene rings is 3. The fourth-order valence-electron chi connectivity index (χ4n) is 4.82. The fourth-order valence-corrected chi connectivity index (χ4v) is 7.05. The Labute approximate surface area is 170 Å². The van der Waals surface area contributed by atoms with Crippen LogP contribution in [0.1, 0.15) is 23.1 Å². The molecule has 1 saturated carbocycles. The van der Waals surface area contributed by atoms with E-state index < -0.39 is 55.4 Å². The Bertz CT molecular complexity index is 1300. The molecule has 1 aliphatic heterocycles. The molecule has 8 heteroatoms.